The Labute approximate surface area is 149 Å². The highest BCUT2D eigenvalue weighted by atomic mass is 16.2. The third-order valence-corrected chi connectivity index (χ3v) is 5.49. The van der Waals surface area contributed by atoms with Crippen LogP contribution in [-0.4, -0.2) is 39.8 Å². The van der Waals surface area contributed by atoms with Crippen LogP contribution in [0.15, 0.2) is 54.9 Å². The molecule has 4 rings (SSSR count). The topological polar surface area (TPSA) is 36.4 Å². The monoisotopic (exact) mass is 335 g/mol. The first-order valence-corrected chi connectivity index (χ1v) is 9.24. The zero-order valence-corrected chi connectivity index (χ0v) is 14.6. The minimum atomic E-state index is 0.319. The van der Waals surface area contributed by atoms with Gasteiger partial charge in [-0.1, -0.05) is 36.4 Å². The molecule has 0 radical (unpaired) electrons. The van der Waals surface area contributed by atoms with Crippen LogP contribution in [0, 0.1) is 5.92 Å². The molecule has 130 valence electrons. The van der Waals surface area contributed by atoms with Crippen LogP contribution in [0.3, 0.4) is 0 Å². The molecular weight excluding hydrogens is 310 g/mol. The lowest BCUT2D eigenvalue weighted by atomic mass is 9.98. The van der Waals surface area contributed by atoms with E-state index in [2.05, 4.69) is 45.1 Å². The number of carbonyl (C=O) groups is 1. The van der Waals surface area contributed by atoms with E-state index in [9.17, 15) is 4.79 Å². The van der Waals surface area contributed by atoms with Crippen LogP contribution >= 0.6 is 0 Å². The van der Waals surface area contributed by atoms with Crippen LogP contribution in [-0.2, 0) is 17.9 Å². The lowest BCUT2D eigenvalue weighted by molar-refractivity contribution is -0.133. The summed E-state index contributed by atoms with van der Waals surface area (Å²) in [5.74, 6) is 0.909. The molecule has 2 aliphatic heterocycles. The van der Waals surface area contributed by atoms with Crippen molar-refractivity contribution in [1.82, 2.24) is 14.8 Å². The van der Waals surface area contributed by atoms with Gasteiger partial charge in [0.15, 0.2) is 0 Å². The highest BCUT2D eigenvalue weighted by Crippen LogP contribution is 2.32. The average molecular weight is 335 g/mol. The molecule has 2 saturated heterocycles. The maximum Gasteiger partial charge on any atom is 0.223 e. The molecule has 4 heteroatoms. The lowest BCUT2D eigenvalue weighted by Crippen LogP contribution is -2.42. The van der Waals surface area contributed by atoms with Crippen LogP contribution in [0.25, 0.3) is 0 Å². The van der Waals surface area contributed by atoms with Crippen LogP contribution in [0.4, 0.5) is 0 Å². The van der Waals surface area contributed by atoms with Gasteiger partial charge >= 0.3 is 0 Å². The van der Waals surface area contributed by atoms with Crippen molar-refractivity contribution < 1.29 is 4.79 Å². The summed E-state index contributed by atoms with van der Waals surface area (Å²) in [4.78, 5) is 21.6. The van der Waals surface area contributed by atoms with Crippen molar-refractivity contribution in [1.29, 1.82) is 0 Å². The number of pyridine rings is 1. The van der Waals surface area contributed by atoms with Gasteiger partial charge in [0, 0.05) is 51.0 Å². The molecule has 0 bridgehead atoms. The molecule has 0 spiro atoms. The Bertz CT molecular complexity index is 704. The van der Waals surface area contributed by atoms with Gasteiger partial charge < -0.3 is 4.90 Å². The van der Waals surface area contributed by atoms with E-state index in [0.717, 1.165) is 39.0 Å². The third-order valence-electron chi connectivity index (χ3n) is 5.49. The fraction of sp³-hybridized carbons (Fsp3) is 0.429. The number of benzene rings is 1. The molecule has 2 atom stereocenters. The Morgan fingerprint density at radius 3 is 2.64 bits per heavy atom. The number of nitrogens with zero attached hydrogens (tertiary/aromatic N) is 3. The molecule has 2 aromatic rings. The van der Waals surface area contributed by atoms with Gasteiger partial charge in [0.2, 0.25) is 5.91 Å². The SMILES string of the molecule is O=C1CCC[C@@H]2CN(Cc3cccnc3)C[C@@H]2N1Cc1ccccc1. The van der Waals surface area contributed by atoms with Gasteiger partial charge in [0.1, 0.15) is 0 Å². The molecule has 1 aromatic carbocycles. The summed E-state index contributed by atoms with van der Waals surface area (Å²) in [5, 5.41) is 0. The predicted octanol–water partition coefficient (Wildman–Crippen LogP) is 3.09. The van der Waals surface area contributed by atoms with E-state index in [1.807, 2.05) is 24.5 Å². The molecule has 2 fully saturated rings. The number of aromatic nitrogens is 1. The number of likely N-dealkylation sites (tertiary alicyclic amines) is 2. The molecule has 3 heterocycles. The fourth-order valence-corrected chi connectivity index (χ4v) is 4.29. The number of amides is 1. The van der Waals surface area contributed by atoms with E-state index < -0.39 is 0 Å². The summed E-state index contributed by atoms with van der Waals surface area (Å²) in [6, 6.07) is 14.8. The summed E-state index contributed by atoms with van der Waals surface area (Å²) < 4.78 is 0. The number of fused-ring (bicyclic) bond motifs is 1. The van der Waals surface area contributed by atoms with Gasteiger partial charge in [0.05, 0.1) is 0 Å². The quantitative estimate of drug-likeness (QED) is 0.861. The molecule has 4 nitrogen and oxygen atoms in total. The van der Waals surface area contributed by atoms with E-state index in [0.29, 0.717) is 24.3 Å². The van der Waals surface area contributed by atoms with Gasteiger partial charge in [-0.3, -0.25) is 14.7 Å². The van der Waals surface area contributed by atoms with Crippen LogP contribution < -0.4 is 0 Å². The standard InChI is InChI=1S/C21H25N3O/c25-21-10-4-9-19-15-23(13-18-8-5-11-22-12-18)16-20(19)24(21)14-17-6-2-1-3-7-17/h1-3,5-8,11-12,19-20H,4,9-10,13-16H2/t19-,20+/m1/s1. The Balaban J connectivity index is 1.50. The molecule has 2 aliphatic rings. The van der Waals surface area contributed by atoms with Gasteiger partial charge in [-0.15, -0.1) is 0 Å². The largest absolute Gasteiger partial charge is 0.334 e. The predicted molar refractivity (Wildman–Crippen MR) is 97.6 cm³/mol. The van der Waals surface area contributed by atoms with Crippen molar-refractivity contribution in [2.75, 3.05) is 13.1 Å². The second-order valence-corrected chi connectivity index (χ2v) is 7.28. The van der Waals surface area contributed by atoms with Crippen LogP contribution in [0.5, 0.6) is 0 Å². The minimum Gasteiger partial charge on any atom is -0.334 e. The van der Waals surface area contributed by atoms with E-state index in [-0.39, 0.29) is 0 Å². The van der Waals surface area contributed by atoms with E-state index >= 15 is 0 Å². The van der Waals surface area contributed by atoms with Crippen molar-refractivity contribution in [2.45, 2.75) is 38.4 Å². The summed E-state index contributed by atoms with van der Waals surface area (Å²) in [6.45, 7) is 3.71. The third kappa shape index (κ3) is 3.74. The number of hydrogen-bond acceptors (Lipinski definition) is 3. The maximum absolute atomic E-state index is 12.7. The Kier molecular flexibility index (Phi) is 4.79. The molecule has 0 unspecified atom stereocenters. The molecule has 0 aliphatic carbocycles. The summed E-state index contributed by atoms with van der Waals surface area (Å²) >= 11 is 0. The Hall–Kier alpha value is -2.20. The lowest BCUT2D eigenvalue weighted by Gasteiger charge is -2.30. The highest BCUT2D eigenvalue weighted by molar-refractivity contribution is 5.77. The zero-order chi connectivity index (χ0) is 17.1. The summed E-state index contributed by atoms with van der Waals surface area (Å²) in [5.41, 5.74) is 2.47. The van der Waals surface area contributed by atoms with Gasteiger partial charge in [-0.25, -0.2) is 0 Å². The Morgan fingerprint density at radius 2 is 1.84 bits per heavy atom. The second-order valence-electron chi connectivity index (χ2n) is 7.28. The highest BCUT2D eigenvalue weighted by Gasteiger charge is 2.40. The second kappa shape index (κ2) is 7.36. The first-order chi connectivity index (χ1) is 12.3. The molecule has 0 saturated carbocycles. The van der Waals surface area contributed by atoms with Crippen molar-refractivity contribution in [3.63, 3.8) is 0 Å². The van der Waals surface area contributed by atoms with Gasteiger partial charge in [0.25, 0.3) is 0 Å². The van der Waals surface area contributed by atoms with Crippen molar-refractivity contribution in [3.8, 4) is 0 Å². The van der Waals surface area contributed by atoms with Crippen molar-refractivity contribution in [2.24, 2.45) is 5.92 Å². The number of carbonyl (C=O) groups excluding carboxylic acids is 1. The maximum atomic E-state index is 12.7. The van der Waals surface area contributed by atoms with Crippen LogP contribution in [0.2, 0.25) is 0 Å². The minimum absolute atomic E-state index is 0.319. The first kappa shape index (κ1) is 16.3. The van der Waals surface area contributed by atoms with Gasteiger partial charge in [-0.2, -0.15) is 0 Å². The summed E-state index contributed by atoms with van der Waals surface area (Å²) in [7, 11) is 0. The fourth-order valence-electron chi connectivity index (χ4n) is 4.29. The van der Waals surface area contributed by atoms with Crippen molar-refractivity contribution >= 4 is 5.91 Å². The number of rotatable bonds is 4. The Morgan fingerprint density at radius 1 is 1.00 bits per heavy atom. The van der Waals surface area contributed by atoms with E-state index in [4.69, 9.17) is 0 Å². The zero-order valence-electron chi connectivity index (χ0n) is 14.6. The first-order valence-electron chi connectivity index (χ1n) is 9.24. The van der Waals surface area contributed by atoms with Gasteiger partial charge in [-0.05, 0) is 36.0 Å². The summed E-state index contributed by atoms with van der Waals surface area (Å²) in [6.07, 6.45) is 6.64. The average Bonchev–Trinajstić information content (AvgIpc) is 2.97. The molecule has 1 aromatic heterocycles. The van der Waals surface area contributed by atoms with Crippen LogP contribution in [0.1, 0.15) is 30.4 Å². The smallest absolute Gasteiger partial charge is 0.223 e. The number of hydrogen-bond donors (Lipinski definition) is 0. The van der Waals surface area contributed by atoms with Crippen molar-refractivity contribution in [3.05, 3.63) is 66.0 Å². The molecule has 0 N–H and O–H groups in total. The molecule has 1 amide bonds. The molecular formula is C21H25N3O. The normalized spacial score (nSPS) is 24.2. The van der Waals surface area contributed by atoms with E-state index in [1.165, 1.54) is 11.1 Å². The van der Waals surface area contributed by atoms with E-state index in [1.54, 1.807) is 0 Å². The molecule has 25 heavy (non-hydrogen) atoms.